The van der Waals surface area contributed by atoms with E-state index >= 15 is 0 Å². The molecule has 0 heteroatoms. The summed E-state index contributed by atoms with van der Waals surface area (Å²) in [5.74, 6) is 0.543. The molecule has 0 amide bonds. The highest BCUT2D eigenvalue weighted by Crippen LogP contribution is 2.19. The number of hydrogen-bond donors (Lipinski definition) is 0. The molecule has 0 bridgehead atoms. The maximum Gasteiger partial charge on any atom is -0.00124 e. The van der Waals surface area contributed by atoms with Crippen molar-refractivity contribution < 1.29 is 0 Å². The summed E-state index contributed by atoms with van der Waals surface area (Å²) < 4.78 is 0. The molecule has 88 valence electrons. The van der Waals surface area contributed by atoms with Crippen molar-refractivity contribution in [3.63, 3.8) is 0 Å². The number of hydrogen-bond acceptors (Lipinski definition) is 0. The number of benzene rings is 2. The van der Waals surface area contributed by atoms with E-state index in [0.717, 1.165) is 6.42 Å². The number of rotatable bonds is 2. The lowest BCUT2D eigenvalue weighted by atomic mass is 9.99. The first-order valence-corrected chi connectivity index (χ1v) is 6.42. The molecule has 0 radical (unpaired) electrons. The Hall–Kier alpha value is -2.08. The zero-order chi connectivity index (χ0) is 12.2. The molecule has 2 aromatic rings. The SMILES string of the molecule is C1=CCC(C=Cc2ccc3ccccc3c2)C=C1. The number of fused-ring (bicyclic) bond motifs is 1. The van der Waals surface area contributed by atoms with Gasteiger partial charge in [-0.15, -0.1) is 0 Å². The molecule has 1 unspecified atom stereocenters. The molecule has 0 N–H and O–H groups in total. The van der Waals surface area contributed by atoms with Gasteiger partial charge in [0.1, 0.15) is 0 Å². The van der Waals surface area contributed by atoms with Crippen molar-refractivity contribution in [2.75, 3.05) is 0 Å². The average Bonchev–Trinajstić information content (AvgIpc) is 2.46. The fourth-order valence-electron chi connectivity index (χ4n) is 2.29. The van der Waals surface area contributed by atoms with E-state index in [1.165, 1.54) is 16.3 Å². The minimum Gasteiger partial charge on any atom is -0.0837 e. The molecule has 0 spiro atoms. The van der Waals surface area contributed by atoms with Crippen molar-refractivity contribution in [2.24, 2.45) is 5.92 Å². The van der Waals surface area contributed by atoms with Crippen LogP contribution in [-0.2, 0) is 0 Å². The van der Waals surface area contributed by atoms with Gasteiger partial charge < -0.3 is 0 Å². The molecule has 2 aromatic carbocycles. The highest BCUT2D eigenvalue weighted by atomic mass is 14.0. The molecule has 18 heavy (non-hydrogen) atoms. The maximum atomic E-state index is 2.28. The Labute approximate surface area is 108 Å². The Kier molecular flexibility index (Phi) is 3.10. The van der Waals surface area contributed by atoms with E-state index in [9.17, 15) is 0 Å². The molecule has 0 saturated carbocycles. The van der Waals surface area contributed by atoms with Crippen molar-refractivity contribution >= 4 is 16.8 Å². The predicted octanol–water partition coefficient (Wildman–Crippen LogP) is 4.99. The highest BCUT2D eigenvalue weighted by Gasteiger charge is 2.00. The van der Waals surface area contributed by atoms with Crippen LogP contribution in [0.4, 0.5) is 0 Å². The molecule has 0 fully saturated rings. The van der Waals surface area contributed by atoms with Crippen LogP contribution in [0.15, 0.2) is 72.8 Å². The van der Waals surface area contributed by atoms with Crippen molar-refractivity contribution in [1.82, 2.24) is 0 Å². The van der Waals surface area contributed by atoms with E-state index in [1.807, 2.05) is 0 Å². The second-order valence-corrected chi connectivity index (χ2v) is 4.68. The highest BCUT2D eigenvalue weighted by molar-refractivity contribution is 5.84. The molecular formula is C18H16. The lowest BCUT2D eigenvalue weighted by molar-refractivity contribution is 0.826. The third kappa shape index (κ3) is 2.43. The fourth-order valence-corrected chi connectivity index (χ4v) is 2.29. The van der Waals surface area contributed by atoms with Crippen LogP contribution in [-0.4, -0.2) is 0 Å². The van der Waals surface area contributed by atoms with Gasteiger partial charge in [-0.1, -0.05) is 72.9 Å². The average molecular weight is 232 g/mol. The van der Waals surface area contributed by atoms with Gasteiger partial charge in [0.25, 0.3) is 0 Å². The summed E-state index contributed by atoms with van der Waals surface area (Å²) in [5, 5.41) is 2.61. The Bertz CT molecular complexity index is 629. The summed E-state index contributed by atoms with van der Waals surface area (Å²) in [6.07, 6.45) is 14.3. The second-order valence-electron chi connectivity index (χ2n) is 4.68. The summed E-state index contributed by atoms with van der Waals surface area (Å²) >= 11 is 0. The molecule has 1 atom stereocenters. The molecule has 0 nitrogen and oxygen atoms in total. The fraction of sp³-hybridized carbons (Fsp3) is 0.111. The Morgan fingerprint density at radius 1 is 0.944 bits per heavy atom. The Morgan fingerprint density at radius 3 is 2.67 bits per heavy atom. The molecule has 0 saturated heterocycles. The van der Waals surface area contributed by atoms with E-state index in [0.29, 0.717) is 5.92 Å². The third-order valence-electron chi connectivity index (χ3n) is 3.32. The van der Waals surface area contributed by atoms with Crippen LogP contribution in [0.2, 0.25) is 0 Å². The van der Waals surface area contributed by atoms with Crippen LogP contribution in [0.25, 0.3) is 16.8 Å². The van der Waals surface area contributed by atoms with Crippen molar-refractivity contribution in [2.45, 2.75) is 6.42 Å². The van der Waals surface area contributed by atoms with Crippen molar-refractivity contribution in [1.29, 1.82) is 0 Å². The largest absolute Gasteiger partial charge is 0.0837 e. The summed E-state index contributed by atoms with van der Waals surface area (Å²) in [6, 6.07) is 15.1. The van der Waals surface area contributed by atoms with Gasteiger partial charge in [0, 0.05) is 0 Å². The summed E-state index contributed by atoms with van der Waals surface area (Å²) in [5.41, 5.74) is 1.27. The molecule has 0 aromatic heterocycles. The van der Waals surface area contributed by atoms with Crippen molar-refractivity contribution in [3.05, 3.63) is 78.4 Å². The third-order valence-corrected chi connectivity index (χ3v) is 3.32. The summed E-state index contributed by atoms with van der Waals surface area (Å²) in [7, 11) is 0. The second kappa shape index (κ2) is 5.05. The first-order valence-electron chi connectivity index (χ1n) is 6.42. The van der Waals surface area contributed by atoms with E-state index < -0.39 is 0 Å². The van der Waals surface area contributed by atoms with Gasteiger partial charge >= 0.3 is 0 Å². The van der Waals surface area contributed by atoms with Crippen LogP contribution in [0.5, 0.6) is 0 Å². The summed E-state index contributed by atoms with van der Waals surface area (Å²) in [6.45, 7) is 0. The van der Waals surface area contributed by atoms with E-state index in [-0.39, 0.29) is 0 Å². The minimum absolute atomic E-state index is 0.543. The maximum absolute atomic E-state index is 2.28. The molecule has 0 aliphatic heterocycles. The van der Waals surface area contributed by atoms with Gasteiger partial charge in [-0.2, -0.15) is 0 Å². The smallest absolute Gasteiger partial charge is 0.00124 e. The van der Waals surface area contributed by atoms with Crippen LogP contribution in [0.1, 0.15) is 12.0 Å². The topological polar surface area (TPSA) is 0 Å². The Balaban J connectivity index is 1.84. The number of allylic oxidation sites excluding steroid dienone is 5. The molecule has 3 rings (SSSR count). The van der Waals surface area contributed by atoms with Gasteiger partial charge in [-0.25, -0.2) is 0 Å². The van der Waals surface area contributed by atoms with Gasteiger partial charge in [0.2, 0.25) is 0 Å². The van der Waals surface area contributed by atoms with Gasteiger partial charge in [-0.05, 0) is 34.7 Å². The lowest BCUT2D eigenvalue weighted by Gasteiger charge is -2.07. The first-order chi connectivity index (χ1) is 8.92. The monoisotopic (exact) mass is 232 g/mol. The first kappa shape index (κ1) is 11.0. The normalized spacial score (nSPS) is 18.8. The van der Waals surface area contributed by atoms with E-state index in [2.05, 4.69) is 78.9 Å². The van der Waals surface area contributed by atoms with Crippen LogP contribution in [0, 0.1) is 5.92 Å². The summed E-state index contributed by atoms with van der Waals surface area (Å²) in [4.78, 5) is 0. The van der Waals surface area contributed by atoms with Crippen LogP contribution >= 0.6 is 0 Å². The van der Waals surface area contributed by atoms with Gasteiger partial charge in [-0.3, -0.25) is 0 Å². The van der Waals surface area contributed by atoms with E-state index in [4.69, 9.17) is 0 Å². The van der Waals surface area contributed by atoms with Gasteiger partial charge in [0.15, 0.2) is 0 Å². The van der Waals surface area contributed by atoms with E-state index in [1.54, 1.807) is 0 Å². The standard InChI is InChI=1S/C18H16/c1-2-6-15(7-3-1)10-11-16-12-13-17-8-4-5-9-18(17)14-16/h1-6,8-15H,7H2. The zero-order valence-corrected chi connectivity index (χ0v) is 10.3. The predicted molar refractivity (Wildman–Crippen MR) is 79.4 cm³/mol. The van der Waals surface area contributed by atoms with Crippen LogP contribution < -0.4 is 0 Å². The van der Waals surface area contributed by atoms with Gasteiger partial charge in [0.05, 0.1) is 0 Å². The minimum atomic E-state index is 0.543. The molecule has 1 aliphatic carbocycles. The van der Waals surface area contributed by atoms with Crippen LogP contribution in [0.3, 0.4) is 0 Å². The zero-order valence-electron chi connectivity index (χ0n) is 10.3. The lowest BCUT2D eigenvalue weighted by Crippen LogP contribution is -1.91. The van der Waals surface area contributed by atoms with Crippen molar-refractivity contribution in [3.8, 4) is 0 Å². The quantitative estimate of drug-likeness (QED) is 0.684. The molecule has 0 heterocycles. The Morgan fingerprint density at radius 2 is 1.83 bits per heavy atom. The molecular weight excluding hydrogens is 216 g/mol. The molecule has 1 aliphatic rings.